The van der Waals surface area contributed by atoms with Gasteiger partial charge in [0, 0.05) is 26.2 Å². The highest BCUT2D eigenvalue weighted by Crippen LogP contribution is 2.32. The first-order valence-electron chi connectivity index (χ1n) is 10.6. The van der Waals surface area contributed by atoms with Crippen molar-refractivity contribution < 1.29 is 13.2 Å². The summed E-state index contributed by atoms with van der Waals surface area (Å²) < 4.78 is 32.3. The highest BCUT2D eigenvalue weighted by atomic mass is 32.2. The Kier molecular flexibility index (Phi) is 4.91. The lowest BCUT2D eigenvalue weighted by Crippen LogP contribution is -2.34. The quantitative estimate of drug-likeness (QED) is 0.470. The molecule has 2 aromatic heterocycles. The number of hydrogen-bond acceptors (Lipinski definition) is 5. The summed E-state index contributed by atoms with van der Waals surface area (Å²) in [6.45, 7) is 0. The number of nitrogens with one attached hydrogen (secondary N) is 2. The molecule has 1 aliphatic heterocycles. The Labute approximate surface area is 189 Å². The standard InChI is InChI=1S/C22H24N6O4S/c1-23-33(31,32)14-8-9-15-18(12-14)28(21(25-15)16-5-4-6-20(29)24-16)13-7-10-17-19(11-13)27(3)22(30)26(17)2/h7-12,16,23H,4-6H2,1-3H3,(H,24,29). The number of amides is 1. The smallest absolute Gasteiger partial charge is 0.328 e. The lowest BCUT2D eigenvalue weighted by atomic mass is 10.0. The Morgan fingerprint density at radius 1 is 1.03 bits per heavy atom. The summed E-state index contributed by atoms with van der Waals surface area (Å²) >= 11 is 0. The summed E-state index contributed by atoms with van der Waals surface area (Å²) in [5.41, 5.74) is 3.31. The number of carbonyl (C=O) groups excluding carboxylic acids is 1. The molecule has 33 heavy (non-hydrogen) atoms. The molecule has 11 heteroatoms. The first-order valence-corrected chi connectivity index (χ1v) is 12.1. The maximum Gasteiger partial charge on any atom is 0.328 e. The third-order valence-electron chi connectivity index (χ3n) is 6.29. The van der Waals surface area contributed by atoms with Crippen LogP contribution in [0.15, 0.2) is 46.1 Å². The normalized spacial score (nSPS) is 17.1. The molecule has 1 atom stereocenters. The number of piperidine rings is 1. The van der Waals surface area contributed by atoms with E-state index in [4.69, 9.17) is 4.98 Å². The summed E-state index contributed by atoms with van der Waals surface area (Å²) in [7, 11) is 1.12. The van der Waals surface area contributed by atoms with Gasteiger partial charge < -0.3 is 5.32 Å². The van der Waals surface area contributed by atoms with Crippen molar-refractivity contribution in [3.8, 4) is 5.69 Å². The maximum absolute atomic E-state index is 12.5. The SMILES string of the molecule is CNS(=O)(=O)c1ccc2nc(C3CCCC(=O)N3)n(-c3ccc4c(c3)n(C)c(=O)n4C)c2c1. The predicted octanol–water partition coefficient (Wildman–Crippen LogP) is 1.47. The molecule has 1 amide bonds. The van der Waals surface area contributed by atoms with Crippen LogP contribution in [-0.2, 0) is 28.9 Å². The molecule has 4 aromatic rings. The van der Waals surface area contributed by atoms with Crippen LogP contribution in [0.1, 0.15) is 31.1 Å². The minimum Gasteiger partial charge on any atom is -0.346 e. The topological polar surface area (TPSA) is 120 Å². The van der Waals surface area contributed by atoms with Crippen molar-refractivity contribution >= 4 is 38.0 Å². The summed E-state index contributed by atoms with van der Waals surface area (Å²) in [6.07, 6.45) is 1.94. The van der Waals surface area contributed by atoms with Gasteiger partial charge in [0.1, 0.15) is 5.82 Å². The molecule has 0 spiro atoms. The second kappa shape index (κ2) is 7.56. The molecule has 10 nitrogen and oxygen atoms in total. The number of sulfonamides is 1. The van der Waals surface area contributed by atoms with Crippen LogP contribution in [0, 0.1) is 0 Å². The summed E-state index contributed by atoms with van der Waals surface area (Å²) in [5, 5.41) is 3.01. The molecule has 0 saturated carbocycles. The fourth-order valence-electron chi connectivity index (χ4n) is 4.50. The Morgan fingerprint density at radius 2 is 1.79 bits per heavy atom. The van der Waals surface area contributed by atoms with Gasteiger partial charge in [-0.3, -0.25) is 18.5 Å². The summed E-state index contributed by atoms with van der Waals surface area (Å²) in [5.74, 6) is 0.585. The molecule has 2 N–H and O–H groups in total. The van der Waals surface area contributed by atoms with Crippen LogP contribution in [0.2, 0.25) is 0 Å². The molecule has 1 fully saturated rings. The molecular formula is C22H24N6O4S. The molecule has 0 aliphatic carbocycles. The van der Waals surface area contributed by atoms with Gasteiger partial charge in [-0.05, 0) is 56.3 Å². The zero-order valence-electron chi connectivity index (χ0n) is 18.5. The van der Waals surface area contributed by atoms with Gasteiger partial charge in [0.25, 0.3) is 0 Å². The monoisotopic (exact) mass is 468 g/mol. The van der Waals surface area contributed by atoms with Gasteiger partial charge in [0.15, 0.2) is 0 Å². The molecule has 5 rings (SSSR count). The van der Waals surface area contributed by atoms with Crippen LogP contribution in [0.25, 0.3) is 27.8 Å². The van der Waals surface area contributed by atoms with Crippen molar-refractivity contribution in [3.63, 3.8) is 0 Å². The van der Waals surface area contributed by atoms with E-state index in [9.17, 15) is 18.0 Å². The average Bonchev–Trinajstić information content (AvgIpc) is 3.30. The van der Waals surface area contributed by atoms with Crippen LogP contribution >= 0.6 is 0 Å². The van der Waals surface area contributed by atoms with Crippen molar-refractivity contribution in [1.29, 1.82) is 0 Å². The van der Waals surface area contributed by atoms with E-state index in [1.807, 2.05) is 22.8 Å². The van der Waals surface area contributed by atoms with Crippen molar-refractivity contribution in [2.45, 2.75) is 30.2 Å². The molecule has 0 bridgehead atoms. The first kappa shape index (κ1) is 21.4. The third-order valence-corrected chi connectivity index (χ3v) is 7.70. The van der Waals surface area contributed by atoms with Gasteiger partial charge in [0.2, 0.25) is 15.9 Å². The second-order valence-electron chi connectivity index (χ2n) is 8.25. The third kappa shape index (κ3) is 3.35. The first-order chi connectivity index (χ1) is 15.7. The van der Waals surface area contributed by atoms with Crippen molar-refractivity contribution in [2.75, 3.05) is 7.05 Å². The van der Waals surface area contributed by atoms with Crippen molar-refractivity contribution in [1.82, 2.24) is 28.7 Å². The van der Waals surface area contributed by atoms with Gasteiger partial charge in [-0.25, -0.2) is 22.9 Å². The van der Waals surface area contributed by atoms with Crippen LogP contribution in [-0.4, -0.2) is 40.1 Å². The molecule has 1 aliphatic rings. The molecule has 1 saturated heterocycles. The van der Waals surface area contributed by atoms with Crippen molar-refractivity contribution in [3.05, 3.63) is 52.7 Å². The van der Waals surface area contributed by atoms with E-state index in [0.717, 1.165) is 29.6 Å². The van der Waals surface area contributed by atoms with E-state index >= 15 is 0 Å². The van der Waals surface area contributed by atoms with Gasteiger partial charge in [-0.1, -0.05) is 0 Å². The van der Waals surface area contributed by atoms with Crippen LogP contribution < -0.4 is 15.7 Å². The van der Waals surface area contributed by atoms with E-state index in [1.165, 1.54) is 13.1 Å². The van der Waals surface area contributed by atoms with Crippen molar-refractivity contribution in [2.24, 2.45) is 14.1 Å². The Morgan fingerprint density at radius 3 is 2.52 bits per heavy atom. The van der Waals surface area contributed by atoms with Gasteiger partial charge in [-0.15, -0.1) is 0 Å². The fourth-order valence-corrected chi connectivity index (χ4v) is 5.25. The van der Waals surface area contributed by atoms with E-state index < -0.39 is 10.0 Å². The van der Waals surface area contributed by atoms with Gasteiger partial charge >= 0.3 is 5.69 Å². The number of aryl methyl sites for hydroxylation is 2. The zero-order chi connectivity index (χ0) is 23.5. The molecule has 1 unspecified atom stereocenters. The Hall–Kier alpha value is -3.44. The number of carbonyl (C=O) groups is 1. The fraction of sp³-hybridized carbons (Fsp3) is 0.318. The minimum atomic E-state index is -3.67. The van der Waals surface area contributed by atoms with Gasteiger partial charge in [-0.2, -0.15) is 0 Å². The summed E-state index contributed by atoms with van der Waals surface area (Å²) in [6, 6.07) is 10.1. The highest BCUT2D eigenvalue weighted by Gasteiger charge is 2.27. The summed E-state index contributed by atoms with van der Waals surface area (Å²) in [4.78, 5) is 29.4. The highest BCUT2D eigenvalue weighted by molar-refractivity contribution is 7.89. The lowest BCUT2D eigenvalue weighted by Gasteiger charge is -2.24. The average molecular weight is 469 g/mol. The van der Waals surface area contributed by atoms with E-state index in [2.05, 4.69) is 10.0 Å². The number of imidazole rings is 2. The van der Waals surface area contributed by atoms with Crippen LogP contribution in [0.4, 0.5) is 0 Å². The molecule has 0 radical (unpaired) electrons. The van der Waals surface area contributed by atoms with E-state index in [-0.39, 0.29) is 22.5 Å². The number of hydrogen-bond donors (Lipinski definition) is 2. The number of aromatic nitrogens is 4. The lowest BCUT2D eigenvalue weighted by molar-refractivity contribution is -0.123. The Bertz CT molecular complexity index is 1590. The maximum atomic E-state index is 12.5. The number of rotatable bonds is 4. The van der Waals surface area contributed by atoms with Crippen LogP contribution in [0.5, 0.6) is 0 Å². The van der Waals surface area contributed by atoms with Gasteiger partial charge in [0.05, 0.1) is 33.0 Å². The van der Waals surface area contributed by atoms with E-state index in [0.29, 0.717) is 23.3 Å². The zero-order valence-corrected chi connectivity index (χ0v) is 19.3. The number of fused-ring (bicyclic) bond motifs is 2. The second-order valence-corrected chi connectivity index (χ2v) is 10.1. The number of nitrogens with zero attached hydrogens (tertiary/aromatic N) is 4. The molecule has 3 heterocycles. The number of benzene rings is 2. The predicted molar refractivity (Wildman–Crippen MR) is 124 cm³/mol. The largest absolute Gasteiger partial charge is 0.346 e. The van der Waals surface area contributed by atoms with E-state index in [1.54, 1.807) is 35.4 Å². The Balaban J connectivity index is 1.81. The van der Waals surface area contributed by atoms with Crippen LogP contribution in [0.3, 0.4) is 0 Å². The molecule has 2 aromatic carbocycles. The molecular weight excluding hydrogens is 444 g/mol. The minimum absolute atomic E-state index is 0.0378. The molecule has 172 valence electrons.